The normalized spacial score (nSPS) is 11.3. The van der Waals surface area contributed by atoms with Gasteiger partial charge < -0.3 is 14.8 Å². The highest BCUT2D eigenvalue weighted by molar-refractivity contribution is 6.35. The third-order valence-corrected chi connectivity index (χ3v) is 7.69. The number of hydrogen-bond donors (Lipinski definition) is 2. The predicted octanol–water partition coefficient (Wildman–Crippen LogP) is 8.48. The highest BCUT2D eigenvalue weighted by Gasteiger charge is 2.15. The maximum Gasteiger partial charge on any atom is 0.272 e. The van der Waals surface area contributed by atoms with E-state index >= 15 is 0 Å². The van der Waals surface area contributed by atoms with Crippen LogP contribution in [-0.4, -0.2) is 36.2 Å². The van der Waals surface area contributed by atoms with Crippen molar-refractivity contribution in [2.75, 3.05) is 19.0 Å². The molecule has 0 aliphatic heterocycles. The molecule has 234 valence electrons. The molecule has 46 heavy (non-hydrogen) atoms. The first-order valence-corrected chi connectivity index (χ1v) is 15.3. The van der Waals surface area contributed by atoms with Crippen molar-refractivity contribution in [1.82, 2.24) is 10.4 Å². The summed E-state index contributed by atoms with van der Waals surface area (Å²) in [5, 5.41) is 8.96. The standard InChI is InChI=1S/C36H32Cl2N4O4/c1-22-12-14-32-29(17-22)30(21-33(40-32)25-8-5-10-28(19-25)45-3)36(44)42-41-23(2)24-7-4-9-27(18-24)39-35(43)11-6-16-46-34-15-13-26(37)20-31(34)38/h4-5,7-10,12-15,17-21H,6,11,16H2,1-3H3,(H,39,43)(H,42,44)/b41-23-. The molecule has 0 atom stereocenters. The third kappa shape index (κ3) is 8.21. The number of aryl methyl sites for hydroxylation is 1. The first-order valence-electron chi connectivity index (χ1n) is 14.6. The van der Waals surface area contributed by atoms with Crippen molar-refractivity contribution >= 4 is 57.3 Å². The van der Waals surface area contributed by atoms with Crippen molar-refractivity contribution in [2.24, 2.45) is 5.10 Å². The quantitative estimate of drug-likeness (QED) is 0.0845. The Labute approximate surface area is 277 Å². The Morgan fingerprint density at radius 3 is 2.57 bits per heavy atom. The van der Waals surface area contributed by atoms with Crippen LogP contribution in [0.25, 0.3) is 22.2 Å². The summed E-state index contributed by atoms with van der Waals surface area (Å²) in [5.41, 5.74) is 8.25. The van der Waals surface area contributed by atoms with E-state index in [9.17, 15) is 9.59 Å². The van der Waals surface area contributed by atoms with Crippen molar-refractivity contribution in [3.63, 3.8) is 0 Å². The highest BCUT2D eigenvalue weighted by Crippen LogP contribution is 2.29. The zero-order chi connectivity index (χ0) is 32.6. The summed E-state index contributed by atoms with van der Waals surface area (Å²) in [6.45, 7) is 4.08. The van der Waals surface area contributed by atoms with Crippen LogP contribution in [0.4, 0.5) is 5.69 Å². The number of anilines is 1. The van der Waals surface area contributed by atoms with Crippen molar-refractivity contribution in [3.05, 3.63) is 118 Å². The Bertz CT molecular complexity index is 1940. The molecular weight excluding hydrogens is 623 g/mol. The number of aromatic nitrogens is 1. The number of fused-ring (bicyclic) bond motifs is 1. The lowest BCUT2D eigenvalue weighted by molar-refractivity contribution is -0.116. The number of carbonyl (C=O) groups excluding carboxylic acids is 2. The highest BCUT2D eigenvalue weighted by atomic mass is 35.5. The zero-order valence-electron chi connectivity index (χ0n) is 25.6. The molecule has 5 rings (SSSR count). The molecule has 0 fully saturated rings. The van der Waals surface area contributed by atoms with E-state index in [2.05, 4.69) is 15.8 Å². The van der Waals surface area contributed by atoms with E-state index in [4.69, 9.17) is 37.7 Å². The minimum atomic E-state index is -0.368. The summed E-state index contributed by atoms with van der Waals surface area (Å²) in [5.74, 6) is 0.692. The number of pyridine rings is 1. The number of amides is 2. The van der Waals surface area contributed by atoms with E-state index < -0.39 is 0 Å². The SMILES string of the molecule is COc1cccc(-c2cc(C(=O)N/N=C(/C)c3cccc(NC(=O)CCCOc4ccc(Cl)cc4Cl)c3)c3cc(C)ccc3n2)c1. The van der Waals surface area contributed by atoms with Gasteiger partial charge in [0, 0.05) is 28.1 Å². The molecule has 0 aliphatic rings. The lowest BCUT2D eigenvalue weighted by Crippen LogP contribution is -2.20. The van der Waals surface area contributed by atoms with Crippen LogP contribution in [-0.2, 0) is 4.79 Å². The van der Waals surface area contributed by atoms with Crippen LogP contribution in [0.15, 0.2) is 96.1 Å². The molecular formula is C36H32Cl2N4O4. The molecule has 0 aliphatic carbocycles. The molecule has 5 aromatic rings. The van der Waals surface area contributed by atoms with Gasteiger partial charge in [0.15, 0.2) is 0 Å². The summed E-state index contributed by atoms with van der Waals surface area (Å²) in [6.07, 6.45) is 0.759. The van der Waals surface area contributed by atoms with Gasteiger partial charge in [0.2, 0.25) is 5.91 Å². The summed E-state index contributed by atoms with van der Waals surface area (Å²) in [7, 11) is 1.61. The zero-order valence-corrected chi connectivity index (χ0v) is 27.1. The monoisotopic (exact) mass is 654 g/mol. The van der Waals surface area contributed by atoms with Gasteiger partial charge >= 0.3 is 0 Å². The number of nitrogens with zero attached hydrogens (tertiary/aromatic N) is 2. The van der Waals surface area contributed by atoms with Crippen LogP contribution in [0.5, 0.6) is 11.5 Å². The van der Waals surface area contributed by atoms with Crippen LogP contribution in [0.1, 0.15) is 41.3 Å². The van der Waals surface area contributed by atoms with Crippen molar-refractivity contribution in [1.29, 1.82) is 0 Å². The van der Waals surface area contributed by atoms with Crippen molar-refractivity contribution < 1.29 is 19.1 Å². The molecule has 4 aromatic carbocycles. The number of rotatable bonds is 11. The first-order chi connectivity index (χ1) is 22.2. The van der Waals surface area contributed by atoms with E-state index in [1.807, 2.05) is 61.5 Å². The van der Waals surface area contributed by atoms with Crippen molar-refractivity contribution in [3.8, 4) is 22.8 Å². The Kier molecular flexibility index (Phi) is 10.5. The fourth-order valence-electron chi connectivity index (χ4n) is 4.77. The summed E-state index contributed by atoms with van der Waals surface area (Å²) in [6, 6.07) is 27.4. The van der Waals surface area contributed by atoms with E-state index in [1.54, 1.807) is 50.4 Å². The Morgan fingerprint density at radius 2 is 1.76 bits per heavy atom. The van der Waals surface area contributed by atoms with Crippen molar-refractivity contribution in [2.45, 2.75) is 26.7 Å². The van der Waals surface area contributed by atoms with E-state index in [0.29, 0.717) is 62.7 Å². The molecule has 0 radical (unpaired) electrons. The average molecular weight is 656 g/mol. The van der Waals surface area contributed by atoms with Crippen LogP contribution in [0.2, 0.25) is 10.0 Å². The first kappa shape index (κ1) is 32.5. The lowest BCUT2D eigenvalue weighted by Gasteiger charge is -2.11. The molecule has 1 heterocycles. The summed E-state index contributed by atoms with van der Waals surface area (Å²) >= 11 is 12.0. The van der Waals surface area contributed by atoms with Gasteiger partial charge in [-0.2, -0.15) is 5.10 Å². The molecule has 0 saturated carbocycles. The fraction of sp³-hybridized carbons (Fsp3) is 0.167. The van der Waals surface area contributed by atoms with Gasteiger partial charge in [0.05, 0.1) is 41.2 Å². The summed E-state index contributed by atoms with van der Waals surface area (Å²) in [4.78, 5) is 30.9. The molecule has 2 N–H and O–H groups in total. The number of methoxy groups -OCH3 is 1. The second-order valence-corrected chi connectivity index (χ2v) is 11.4. The van der Waals surface area contributed by atoms with Crippen LogP contribution < -0.4 is 20.2 Å². The molecule has 0 bridgehead atoms. The van der Waals surface area contributed by atoms with Gasteiger partial charge in [-0.05, 0) is 86.5 Å². The van der Waals surface area contributed by atoms with Gasteiger partial charge in [0.1, 0.15) is 11.5 Å². The molecule has 2 amide bonds. The minimum Gasteiger partial charge on any atom is -0.497 e. The Hall–Kier alpha value is -4.92. The van der Waals surface area contributed by atoms with E-state index in [-0.39, 0.29) is 18.2 Å². The fourth-order valence-corrected chi connectivity index (χ4v) is 5.23. The minimum absolute atomic E-state index is 0.155. The second-order valence-electron chi connectivity index (χ2n) is 10.6. The predicted molar refractivity (Wildman–Crippen MR) is 184 cm³/mol. The van der Waals surface area contributed by atoms with Crippen LogP contribution in [0.3, 0.4) is 0 Å². The van der Waals surface area contributed by atoms with Crippen LogP contribution >= 0.6 is 23.2 Å². The number of halogens is 2. The van der Waals surface area contributed by atoms with Gasteiger partial charge in [0.25, 0.3) is 5.91 Å². The van der Waals surface area contributed by atoms with E-state index in [0.717, 1.165) is 22.1 Å². The van der Waals surface area contributed by atoms with Crippen LogP contribution in [0, 0.1) is 6.92 Å². The Balaban J connectivity index is 1.25. The summed E-state index contributed by atoms with van der Waals surface area (Å²) < 4.78 is 11.0. The third-order valence-electron chi connectivity index (χ3n) is 7.16. The molecule has 0 saturated heterocycles. The van der Waals surface area contributed by atoms with Gasteiger partial charge in [-0.15, -0.1) is 0 Å². The second kappa shape index (κ2) is 14.9. The molecule has 0 unspecified atom stereocenters. The van der Waals surface area contributed by atoms with E-state index in [1.165, 1.54) is 0 Å². The molecule has 8 nitrogen and oxygen atoms in total. The molecule has 1 aromatic heterocycles. The number of benzene rings is 4. The number of hydrogen-bond acceptors (Lipinski definition) is 6. The maximum atomic E-state index is 13.5. The largest absolute Gasteiger partial charge is 0.497 e. The van der Waals surface area contributed by atoms with Gasteiger partial charge in [-0.1, -0.05) is 59.1 Å². The number of hydrazone groups is 1. The maximum absolute atomic E-state index is 13.5. The molecule has 0 spiro atoms. The number of ether oxygens (including phenoxy) is 2. The number of carbonyl (C=O) groups is 2. The smallest absolute Gasteiger partial charge is 0.272 e. The number of nitrogens with one attached hydrogen (secondary N) is 2. The average Bonchev–Trinajstić information content (AvgIpc) is 3.05. The van der Waals surface area contributed by atoms with Gasteiger partial charge in [-0.3, -0.25) is 9.59 Å². The lowest BCUT2D eigenvalue weighted by atomic mass is 10.0. The topological polar surface area (TPSA) is 102 Å². The molecule has 10 heteroatoms. The van der Waals surface area contributed by atoms with Gasteiger partial charge in [-0.25, -0.2) is 10.4 Å². The Morgan fingerprint density at radius 1 is 0.935 bits per heavy atom.